The average molecular weight is 453 g/mol. The second kappa shape index (κ2) is 12.6. The SMILES string of the molecule is COCCCNC(=O)c1cccc(NC(=O)CNc2ccc(C(=O)N3CCCCC3)cc2)c1. The number of methoxy groups -OCH3 is 1. The van der Waals surface area contributed by atoms with Gasteiger partial charge in [-0.1, -0.05) is 6.07 Å². The minimum Gasteiger partial charge on any atom is -0.385 e. The average Bonchev–Trinajstić information content (AvgIpc) is 2.86. The van der Waals surface area contributed by atoms with Gasteiger partial charge in [0.2, 0.25) is 5.91 Å². The van der Waals surface area contributed by atoms with Gasteiger partial charge in [-0.2, -0.15) is 0 Å². The molecular weight excluding hydrogens is 420 g/mol. The summed E-state index contributed by atoms with van der Waals surface area (Å²) < 4.78 is 4.97. The van der Waals surface area contributed by atoms with Crippen molar-refractivity contribution >= 4 is 29.1 Å². The summed E-state index contributed by atoms with van der Waals surface area (Å²) in [7, 11) is 1.62. The van der Waals surface area contributed by atoms with Crippen LogP contribution in [0.2, 0.25) is 0 Å². The molecule has 1 heterocycles. The fourth-order valence-electron chi connectivity index (χ4n) is 3.66. The van der Waals surface area contributed by atoms with E-state index in [4.69, 9.17) is 4.74 Å². The molecule has 33 heavy (non-hydrogen) atoms. The van der Waals surface area contributed by atoms with E-state index in [1.807, 2.05) is 4.90 Å². The summed E-state index contributed by atoms with van der Waals surface area (Å²) in [6, 6.07) is 14.0. The van der Waals surface area contributed by atoms with Crippen molar-refractivity contribution in [3.8, 4) is 0 Å². The Labute approximate surface area is 194 Å². The fraction of sp³-hybridized carbons (Fsp3) is 0.400. The number of ether oxygens (including phenoxy) is 1. The number of amides is 3. The molecule has 0 spiro atoms. The quantitative estimate of drug-likeness (QED) is 0.481. The summed E-state index contributed by atoms with van der Waals surface area (Å²) in [4.78, 5) is 39.0. The third kappa shape index (κ3) is 7.61. The highest BCUT2D eigenvalue weighted by Gasteiger charge is 2.17. The number of likely N-dealkylation sites (tertiary alicyclic amines) is 1. The van der Waals surface area contributed by atoms with Crippen LogP contribution in [0.4, 0.5) is 11.4 Å². The Hall–Kier alpha value is -3.39. The van der Waals surface area contributed by atoms with Gasteiger partial charge >= 0.3 is 0 Å². The van der Waals surface area contributed by atoms with E-state index in [1.165, 1.54) is 6.42 Å². The summed E-state index contributed by atoms with van der Waals surface area (Å²) in [6.45, 7) is 2.80. The van der Waals surface area contributed by atoms with Crippen molar-refractivity contribution in [1.29, 1.82) is 0 Å². The molecule has 8 nitrogen and oxygen atoms in total. The first kappa shape index (κ1) is 24.3. The van der Waals surface area contributed by atoms with Gasteiger partial charge in [-0.15, -0.1) is 0 Å². The van der Waals surface area contributed by atoms with Crippen LogP contribution in [0.15, 0.2) is 48.5 Å². The van der Waals surface area contributed by atoms with E-state index in [0.29, 0.717) is 30.0 Å². The van der Waals surface area contributed by atoms with Crippen LogP contribution in [0.3, 0.4) is 0 Å². The molecule has 1 aliphatic heterocycles. The van der Waals surface area contributed by atoms with Gasteiger partial charge in [0.1, 0.15) is 0 Å². The summed E-state index contributed by atoms with van der Waals surface area (Å²) in [5, 5.41) is 8.68. The Morgan fingerprint density at radius 1 is 0.939 bits per heavy atom. The smallest absolute Gasteiger partial charge is 0.253 e. The minimum absolute atomic E-state index is 0.0570. The lowest BCUT2D eigenvalue weighted by Gasteiger charge is -2.26. The Balaban J connectivity index is 1.46. The molecule has 8 heteroatoms. The van der Waals surface area contributed by atoms with Gasteiger partial charge in [-0.05, 0) is 68.1 Å². The number of carbonyl (C=O) groups excluding carboxylic acids is 3. The maximum Gasteiger partial charge on any atom is 0.253 e. The second-order valence-electron chi connectivity index (χ2n) is 8.01. The normalized spacial score (nSPS) is 13.3. The van der Waals surface area contributed by atoms with Crippen LogP contribution in [-0.4, -0.2) is 62.5 Å². The van der Waals surface area contributed by atoms with E-state index in [0.717, 1.165) is 38.0 Å². The molecule has 3 rings (SSSR count). The maximum atomic E-state index is 12.6. The Morgan fingerprint density at radius 2 is 1.70 bits per heavy atom. The number of carbonyl (C=O) groups is 3. The van der Waals surface area contributed by atoms with Crippen LogP contribution in [0.5, 0.6) is 0 Å². The van der Waals surface area contributed by atoms with Crippen LogP contribution < -0.4 is 16.0 Å². The predicted octanol–water partition coefficient (Wildman–Crippen LogP) is 3.13. The van der Waals surface area contributed by atoms with Gasteiger partial charge < -0.3 is 25.6 Å². The maximum absolute atomic E-state index is 12.6. The molecule has 2 aromatic carbocycles. The van der Waals surface area contributed by atoms with Crippen molar-refractivity contribution in [2.45, 2.75) is 25.7 Å². The lowest BCUT2D eigenvalue weighted by molar-refractivity contribution is -0.114. The predicted molar refractivity (Wildman–Crippen MR) is 129 cm³/mol. The summed E-state index contributed by atoms with van der Waals surface area (Å²) >= 11 is 0. The van der Waals surface area contributed by atoms with Crippen LogP contribution in [0, 0.1) is 0 Å². The number of piperidine rings is 1. The Morgan fingerprint density at radius 3 is 2.42 bits per heavy atom. The highest BCUT2D eigenvalue weighted by Crippen LogP contribution is 2.16. The number of benzene rings is 2. The fourth-order valence-corrected chi connectivity index (χ4v) is 3.66. The Kier molecular flexibility index (Phi) is 9.26. The molecule has 1 fully saturated rings. The summed E-state index contributed by atoms with van der Waals surface area (Å²) in [5.74, 6) is -0.373. The van der Waals surface area contributed by atoms with Gasteiger partial charge in [0.15, 0.2) is 0 Å². The first-order valence-electron chi connectivity index (χ1n) is 11.4. The molecule has 0 saturated carbocycles. The topological polar surface area (TPSA) is 99.8 Å². The lowest BCUT2D eigenvalue weighted by Crippen LogP contribution is -2.35. The molecule has 0 atom stereocenters. The molecule has 2 aromatic rings. The van der Waals surface area contributed by atoms with Crippen LogP contribution >= 0.6 is 0 Å². The first-order chi connectivity index (χ1) is 16.1. The second-order valence-corrected chi connectivity index (χ2v) is 8.01. The summed E-state index contributed by atoms with van der Waals surface area (Å²) in [5.41, 5.74) is 2.44. The third-order valence-electron chi connectivity index (χ3n) is 5.45. The molecule has 176 valence electrons. The highest BCUT2D eigenvalue weighted by molar-refractivity contribution is 5.98. The zero-order valence-electron chi connectivity index (χ0n) is 19.1. The standard InChI is InChI=1S/C25H32N4O4/c1-33-16-6-13-26-24(31)20-7-5-8-22(17-20)28-23(30)18-27-21-11-9-19(10-12-21)25(32)29-14-3-2-4-15-29/h5,7-12,17,27H,2-4,6,13-16,18H2,1H3,(H,26,31)(H,28,30). The van der Waals surface area contributed by atoms with Crippen molar-refractivity contribution in [3.63, 3.8) is 0 Å². The molecule has 0 bridgehead atoms. The van der Waals surface area contributed by atoms with Gasteiger partial charge in [-0.3, -0.25) is 14.4 Å². The molecule has 0 unspecified atom stereocenters. The molecule has 1 saturated heterocycles. The zero-order valence-corrected chi connectivity index (χ0v) is 19.1. The van der Waals surface area contributed by atoms with Crippen molar-refractivity contribution < 1.29 is 19.1 Å². The van der Waals surface area contributed by atoms with Crippen molar-refractivity contribution in [2.24, 2.45) is 0 Å². The highest BCUT2D eigenvalue weighted by atomic mass is 16.5. The first-order valence-corrected chi connectivity index (χ1v) is 11.4. The summed E-state index contributed by atoms with van der Waals surface area (Å²) in [6.07, 6.45) is 4.03. The number of nitrogens with zero attached hydrogens (tertiary/aromatic N) is 1. The number of hydrogen-bond donors (Lipinski definition) is 3. The molecule has 3 N–H and O–H groups in total. The zero-order chi connectivity index (χ0) is 23.5. The third-order valence-corrected chi connectivity index (χ3v) is 5.45. The number of nitrogens with one attached hydrogen (secondary N) is 3. The van der Waals surface area contributed by atoms with Gasteiger partial charge in [-0.25, -0.2) is 0 Å². The van der Waals surface area contributed by atoms with Crippen LogP contribution in [0.25, 0.3) is 0 Å². The van der Waals surface area contributed by atoms with E-state index < -0.39 is 0 Å². The minimum atomic E-state index is -0.235. The van der Waals surface area contributed by atoms with Crippen molar-refractivity contribution in [1.82, 2.24) is 10.2 Å². The van der Waals surface area contributed by atoms with Crippen LogP contribution in [0.1, 0.15) is 46.4 Å². The molecule has 1 aliphatic rings. The van der Waals surface area contributed by atoms with Crippen molar-refractivity contribution in [2.75, 3.05) is 50.5 Å². The van der Waals surface area contributed by atoms with E-state index in [-0.39, 0.29) is 24.3 Å². The lowest BCUT2D eigenvalue weighted by atomic mass is 10.1. The molecule has 0 aliphatic carbocycles. The monoisotopic (exact) mass is 452 g/mol. The molecule has 0 radical (unpaired) electrons. The number of anilines is 2. The largest absolute Gasteiger partial charge is 0.385 e. The Bertz CT molecular complexity index is 940. The van der Waals surface area contributed by atoms with Gasteiger partial charge in [0.05, 0.1) is 6.54 Å². The van der Waals surface area contributed by atoms with Gasteiger partial charge in [0, 0.05) is 55.9 Å². The molecular formula is C25H32N4O4. The van der Waals surface area contributed by atoms with E-state index in [1.54, 1.807) is 55.6 Å². The molecule has 0 aromatic heterocycles. The van der Waals surface area contributed by atoms with E-state index in [9.17, 15) is 14.4 Å². The van der Waals surface area contributed by atoms with E-state index >= 15 is 0 Å². The van der Waals surface area contributed by atoms with Crippen molar-refractivity contribution in [3.05, 3.63) is 59.7 Å². The van der Waals surface area contributed by atoms with Crippen LogP contribution in [-0.2, 0) is 9.53 Å². The number of rotatable bonds is 10. The van der Waals surface area contributed by atoms with E-state index in [2.05, 4.69) is 16.0 Å². The number of hydrogen-bond acceptors (Lipinski definition) is 5. The molecule has 3 amide bonds. The van der Waals surface area contributed by atoms with Gasteiger partial charge in [0.25, 0.3) is 11.8 Å².